The number of ketones is 1. The fraction of sp³-hybridized carbons (Fsp3) is 0.333. The Morgan fingerprint density at radius 2 is 1.84 bits per heavy atom. The number of nitrogen functional groups attached to an aromatic ring is 1. The maximum atomic E-state index is 15.4. The second-order valence-electron chi connectivity index (χ2n) is 8.41. The second-order valence-corrected chi connectivity index (χ2v) is 8.41. The zero-order chi connectivity index (χ0) is 22.9. The lowest BCUT2D eigenvalue weighted by Gasteiger charge is -2.29. The highest BCUT2D eigenvalue weighted by atomic mass is 19.2. The first kappa shape index (κ1) is 22.1. The van der Waals surface area contributed by atoms with E-state index in [1.807, 2.05) is 7.05 Å². The molecule has 2 aromatic rings. The molecule has 1 aromatic heterocycles. The second kappa shape index (κ2) is 8.78. The van der Waals surface area contributed by atoms with Crippen LogP contribution < -0.4 is 11.1 Å². The molecule has 1 aliphatic carbocycles. The number of anilines is 2. The summed E-state index contributed by atoms with van der Waals surface area (Å²) in [6.07, 6.45) is 1.46. The molecule has 2 aliphatic rings. The van der Waals surface area contributed by atoms with E-state index in [0.29, 0.717) is 11.8 Å². The van der Waals surface area contributed by atoms with Crippen LogP contribution in [-0.4, -0.2) is 41.6 Å². The number of Topliss-reactive ketones (excluding diaryl/α,β-unsaturated/α-hetero) is 1. The number of likely N-dealkylation sites (tertiary alicyclic amines) is 1. The first-order chi connectivity index (χ1) is 15.2. The molecule has 0 spiro atoms. The molecule has 32 heavy (non-hydrogen) atoms. The zero-order valence-electron chi connectivity index (χ0n) is 17.7. The van der Waals surface area contributed by atoms with Crippen molar-refractivity contribution in [3.05, 3.63) is 71.5 Å². The van der Waals surface area contributed by atoms with E-state index in [-0.39, 0.29) is 34.3 Å². The topological polar surface area (TPSA) is 71.2 Å². The maximum Gasteiger partial charge on any atom is 0.209 e. The van der Waals surface area contributed by atoms with Crippen molar-refractivity contribution in [1.29, 1.82) is 0 Å². The Morgan fingerprint density at radius 1 is 1.16 bits per heavy atom. The minimum Gasteiger partial charge on any atom is -0.399 e. The molecule has 4 rings (SSSR count). The SMILES string of the molecule is CN1CCC(C(=O)c2cccc(NC3(F)C=C(F)C(c4ccc(N)cc4)=C(F)C3)n2)CC1. The molecule has 5 nitrogen and oxygen atoms in total. The summed E-state index contributed by atoms with van der Waals surface area (Å²) in [6.45, 7) is 1.65. The predicted molar refractivity (Wildman–Crippen MR) is 119 cm³/mol. The van der Waals surface area contributed by atoms with Crippen molar-refractivity contribution in [2.75, 3.05) is 31.2 Å². The zero-order valence-corrected chi connectivity index (χ0v) is 17.7. The number of aromatic nitrogens is 1. The molecule has 0 bridgehead atoms. The fourth-order valence-corrected chi connectivity index (χ4v) is 4.13. The van der Waals surface area contributed by atoms with Gasteiger partial charge < -0.3 is 16.0 Å². The summed E-state index contributed by atoms with van der Waals surface area (Å²) in [5, 5.41) is 2.46. The number of allylic oxidation sites excluding steroid dienone is 2. The quantitative estimate of drug-likeness (QED) is 0.391. The van der Waals surface area contributed by atoms with Gasteiger partial charge in [-0.25, -0.2) is 18.2 Å². The summed E-state index contributed by atoms with van der Waals surface area (Å²) < 4.78 is 44.9. The number of hydrogen-bond donors (Lipinski definition) is 2. The van der Waals surface area contributed by atoms with Gasteiger partial charge in [0.25, 0.3) is 0 Å². The van der Waals surface area contributed by atoms with Crippen LogP contribution in [0.2, 0.25) is 0 Å². The van der Waals surface area contributed by atoms with E-state index < -0.39 is 23.9 Å². The Balaban J connectivity index is 1.51. The van der Waals surface area contributed by atoms with Crippen LogP contribution in [0, 0.1) is 5.92 Å². The molecule has 2 heterocycles. The first-order valence-corrected chi connectivity index (χ1v) is 10.5. The van der Waals surface area contributed by atoms with Gasteiger partial charge >= 0.3 is 0 Å². The van der Waals surface area contributed by atoms with E-state index in [4.69, 9.17) is 5.73 Å². The number of carbonyl (C=O) groups is 1. The number of alkyl halides is 1. The Hall–Kier alpha value is -3.13. The van der Waals surface area contributed by atoms with Crippen LogP contribution >= 0.6 is 0 Å². The molecule has 1 saturated heterocycles. The smallest absolute Gasteiger partial charge is 0.209 e. The number of hydrogen-bond acceptors (Lipinski definition) is 5. The summed E-state index contributed by atoms with van der Waals surface area (Å²) in [5.41, 5.74) is 6.27. The minimum absolute atomic E-state index is 0.0408. The lowest BCUT2D eigenvalue weighted by molar-refractivity contribution is 0.0851. The number of carbonyl (C=O) groups excluding carboxylic acids is 1. The van der Waals surface area contributed by atoms with Gasteiger partial charge in [-0.05, 0) is 62.8 Å². The minimum atomic E-state index is -2.52. The van der Waals surface area contributed by atoms with E-state index in [1.54, 1.807) is 12.1 Å². The van der Waals surface area contributed by atoms with Gasteiger partial charge in [0, 0.05) is 23.3 Å². The Labute approximate surface area is 184 Å². The van der Waals surface area contributed by atoms with E-state index in [0.717, 1.165) is 25.9 Å². The third-order valence-corrected chi connectivity index (χ3v) is 5.90. The van der Waals surface area contributed by atoms with Crippen LogP contribution in [0.1, 0.15) is 35.3 Å². The van der Waals surface area contributed by atoms with Crippen LogP contribution in [0.4, 0.5) is 24.7 Å². The molecule has 0 amide bonds. The average Bonchev–Trinajstić information content (AvgIpc) is 2.74. The molecule has 1 unspecified atom stereocenters. The largest absolute Gasteiger partial charge is 0.399 e. The summed E-state index contributed by atoms with van der Waals surface area (Å²) in [5.74, 6) is -4.66. The van der Waals surface area contributed by atoms with Crippen molar-refractivity contribution in [2.24, 2.45) is 5.92 Å². The van der Waals surface area contributed by atoms with Gasteiger partial charge in [0.15, 0.2) is 5.78 Å². The summed E-state index contributed by atoms with van der Waals surface area (Å²) >= 11 is 0. The van der Waals surface area contributed by atoms with Crippen molar-refractivity contribution in [1.82, 2.24) is 9.88 Å². The standard InChI is InChI=1S/C24H25F3N4O/c1-31-11-9-16(10-12-31)23(32)20-3-2-4-21(29-20)30-24(27)13-18(25)22(19(26)14-24)15-5-7-17(28)8-6-15/h2-8,13,16H,9-12,14,28H2,1H3,(H,29,30). The fourth-order valence-electron chi connectivity index (χ4n) is 4.13. The van der Waals surface area contributed by atoms with Crippen LogP contribution in [0.25, 0.3) is 5.57 Å². The predicted octanol–water partition coefficient (Wildman–Crippen LogP) is 4.90. The molecular formula is C24H25F3N4O. The molecule has 0 radical (unpaired) electrons. The molecule has 1 aliphatic heterocycles. The van der Waals surface area contributed by atoms with Crippen molar-refractivity contribution in [2.45, 2.75) is 25.1 Å². The lowest BCUT2D eigenvalue weighted by Crippen LogP contribution is -2.35. The summed E-state index contributed by atoms with van der Waals surface area (Å²) in [6, 6.07) is 10.6. The summed E-state index contributed by atoms with van der Waals surface area (Å²) in [4.78, 5) is 19.2. The van der Waals surface area contributed by atoms with Gasteiger partial charge in [-0.15, -0.1) is 0 Å². The van der Waals surface area contributed by atoms with Crippen LogP contribution in [0.5, 0.6) is 0 Å². The third kappa shape index (κ3) is 4.70. The van der Waals surface area contributed by atoms with Gasteiger partial charge in [-0.1, -0.05) is 18.2 Å². The molecule has 3 N–H and O–H groups in total. The Morgan fingerprint density at radius 3 is 2.50 bits per heavy atom. The highest BCUT2D eigenvalue weighted by Gasteiger charge is 2.37. The third-order valence-electron chi connectivity index (χ3n) is 5.90. The maximum absolute atomic E-state index is 15.4. The van der Waals surface area contributed by atoms with E-state index in [1.165, 1.54) is 30.3 Å². The van der Waals surface area contributed by atoms with E-state index in [2.05, 4.69) is 15.2 Å². The number of halogens is 3. The Kier molecular flexibility index (Phi) is 6.06. The van der Waals surface area contributed by atoms with E-state index >= 15 is 4.39 Å². The number of piperidine rings is 1. The molecule has 1 fully saturated rings. The van der Waals surface area contributed by atoms with Crippen molar-refractivity contribution in [3.63, 3.8) is 0 Å². The number of pyridine rings is 1. The number of nitrogens with zero attached hydrogens (tertiary/aromatic N) is 2. The average molecular weight is 442 g/mol. The highest BCUT2D eigenvalue weighted by molar-refractivity contribution is 5.96. The molecule has 8 heteroatoms. The molecule has 0 saturated carbocycles. The van der Waals surface area contributed by atoms with Gasteiger partial charge in [0.2, 0.25) is 5.79 Å². The molecular weight excluding hydrogens is 417 g/mol. The number of benzene rings is 1. The van der Waals surface area contributed by atoms with Gasteiger partial charge in [-0.3, -0.25) is 4.79 Å². The summed E-state index contributed by atoms with van der Waals surface area (Å²) in [7, 11) is 2.01. The van der Waals surface area contributed by atoms with Crippen LogP contribution in [0.15, 0.2) is 60.2 Å². The van der Waals surface area contributed by atoms with Gasteiger partial charge in [-0.2, -0.15) is 0 Å². The number of rotatable bonds is 5. The van der Waals surface area contributed by atoms with Crippen molar-refractivity contribution < 1.29 is 18.0 Å². The van der Waals surface area contributed by atoms with Crippen LogP contribution in [0.3, 0.4) is 0 Å². The van der Waals surface area contributed by atoms with Crippen molar-refractivity contribution >= 4 is 22.9 Å². The van der Waals surface area contributed by atoms with Crippen LogP contribution in [-0.2, 0) is 0 Å². The molecule has 168 valence electrons. The van der Waals surface area contributed by atoms with E-state index in [9.17, 15) is 13.6 Å². The monoisotopic (exact) mass is 442 g/mol. The molecule has 1 aromatic carbocycles. The number of nitrogens with one attached hydrogen (secondary N) is 1. The highest BCUT2D eigenvalue weighted by Crippen LogP contribution is 2.41. The Bertz CT molecular complexity index is 1070. The van der Waals surface area contributed by atoms with Gasteiger partial charge in [0.05, 0.1) is 6.42 Å². The molecule has 1 atom stereocenters. The lowest BCUT2D eigenvalue weighted by atomic mass is 9.91. The van der Waals surface area contributed by atoms with Gasteiger partial charge in [0.1, 0.15) is 23.2 Å². The normalized spacial score (nSPS) is 22.6. The van der Waals surface area contributed by atoms with Crippen molar-refractivity contribution in [3.8, 4) is 0 Å². The first-order valence-electron chi connectivity index (χ1n) is 10.5. The number of nitrogens with two attached hydrogens (primary N) is 1.